The molecule has 3 aromatic rings. The first-order valence-electron chi connectivity index (χ1n) is 9.61. The minimum Gasteiger partial charge on any atom is -0.325 e. The van der Waals surface area contributed by atoms with E-state index >= 15 is 0 Å². The van der Waals surface area contributed by atoms with Crippen LogP contribution in [0.15, 0.2) is 56.9 Å². The van der Waals surface area contributed by atoms with Gasteiger partial charge in [0, 0.05) is 26.8 Å². The summed E-state index contributed by atoms with van der Waals surface area (Å²) >= 11 is 0. The summed E-state index contributed by atoms with van der Waals surface area (Å²) in [6, 6.07) is 11.5. The Morgan fingerprint density at radius 3 is 2.26 bits per heavy atom. The first kappa shape index (κ1) is 22.4. The zero-order valence-electron chi connectivity index (χ0n) is 17.7. The number of benzene rings is 2. The van der Waals surface area contributed by atoms with Crippen molar-refractivity contribution in [2.45, 2.75) is 18.2 Å². The predicted molar refractivity (Wildman–Crippen MR) is 119 cm³/mol. The van der Waals surface area contributed by atoms with Crippen molar-refractivity contribution < 1.29 is 13.2 Å². The summed E-state index contributed by atoms with van der Waals surface area (Å²) in [4.78, 5) is 36.4. The summed E-state index contributed by atoms with van der Waals surface area (Å²) in [5.41, 5.74) is 0.842. The van der Waals surface area contributed by atoms with Gasteiger partial charge in [0.2, 0.25) is 15.9 Å². The molecule has 0 aliphatic heterocycles. The number of carbonyl (C=O) groups excluding carboxylic acids is 1. The van der Waals surface area contributed by atoms with Gasteiger partial charge in [0.05, 0.1) is 22.5 Å². The van der Waals surface area contributed by atoms with Crippen LogP contribution in [-0.2, 0) is 35.3 Å². The highest BCUT2D eigenvalue weighted by atomic mass is 32.2. The Hall–Kier alpha value is -3.24. The number of sulfonamides is 1. The van der Waals surface area contributed by atoms with Gasteiger partial charge < -0.3 is 14.5 Å². The van der Waals surface area contributed by atoms with Crippen LogP contribution in [0.3, 0.4) is 0 Å². The Morgan fingerprint density at radius 1 is 1.00 bits per heavy atom. The lowest BCUT2D eigenvalue weighted by Gasteiger charge is -2.18. The topological polar surface area (TPSA) is 110 Å². The molecule has 31 heavy (non-hydrogen) atoms. The maximum atomic E-state index is 13.0. The Morgan fingerprint density at radius 2 is 1.61 bits per heavy atom. The molecule has 1 N–H and O–H groups in total. The van der Waals surface area contributed by atoms with Crippen molar-refractivity contribution >= 4 is 32.7 Å². The van der Waals surface area contributed by atoms with Crippen LogP contribution in [0.5, 0.6) is 0 Å². The standard InChI is InChI=1S/C21H24N4O5S/c1-5-14-8-6-7-9-16(14)22-19(26)13-23(2)31(29,30)15-10-11-17-18(12-15)25(4)21(28)20(27)24(17)3/h6-12H,5,13H2,1-4H3,(H,22,26). The Balaban J connectivity index is 1.90. The lowest BCUT2D eigenvalue weighted by atomic mass is 10.1. The summed E-state index contributed by atoms with van der Waals surface area (Å²) in [7, 11) is 0.151. The van der Waals surface area contributed by atoms with E-state index < -0.39 is 27.0 Å². The highest BCUT2D eigenvalue weighted by Gasteiger charge is 2.24. The van der Waals surface area contributed by atoms with Crippen LogP contribution in [0.2, 0.25) is 0 Å². The molecule has 0 aliphatic rings. The van der Waals surface area contributed by atoms with E-state index in [-0.39, 0.29) is 11.4 Å². The van der Waals surface area contributed by atoms with Crippen molar-refractivity contribution in [3.8, 4) is 0 Å². The highest BCUT2D eigenvalue weighted by molar-refractivity contribution is 7.89. The summed E-state index contributed by atoms with van der Waals surface area (Å²) < 4.78 is 29.3. The van der Waals surface area contributed by atoms with Gasteiger partial charge in [0.1, 0.15) is 0 Å². The van der Waals surface area contributed by atoms with Gasteiger partial charge in [-0.05, 0) is 36.2 Å². The van der Waals surface area contributed by atoms with Crippen molar-refractivity contribution in [3.63, 3.8) is 0 Å². The number of nitrogens with zero attached hydrogens (tertiary/aromatic N) is 3. The van der Waals surface area contributed by atoms with E-state index in [4.69, 9.17) is 0 Å². The van der Waals surface area contributed by atoms with E-state index in [9.17, 15) is 22.8 Å². The van der Waals surface area contributed by atoms with Crippen molar-refractivity contribution in [1.82, 2.24) is 13.4 Å². The maximum absolute atomic E-state index is 13.0. The van der Waals surface area contributed by atoms with Gasteiger partial charge >= 0.3 is 11.1 Å². The summed E-state index contributed by atoms with van der Waals surface area (Å²) in [6.07, 6.45) is 0.725. The molecule has 0 fully saturated rings. The summed E-state index contributed by atoms with van der Waals surface area (Å²) in [5, 5.41) is 2.75. The number of likely N-dealkylation sites (N-methyl/N-ethyl adjacent to an activating group) is 1. The van der Waals surface area contributed by atoms with Crippen LogP contribution < -0.4 is 16.4 Å². The fourth-order valence-corrected chi connectivity index (χ4v) is 4.48. The third-order valence-corrected chi connectivity index (χ3v) is 7.01. The van der Waals surface area contributed by atoms with E-state index in [0.717, 1.165) is 20.9 Å². The van der Waals surface area contributed by atoms with Crippen LogP contribution in [0.25, 0.3) is 11.0 Å². The van der Waals surface area contributed by atoms with Gasteiger partial charge in [-0.1, -0.05) is 25.1 Å². The molecule has 9 nitrogen and oxygen atoms in total. The molecule has 10 heteroatoms. The third-order valence-electron chi connectivity index (χ3n) is 5.21. The Labute approximate surface area is 179 Å². The number of rotatable bonds is 6. The minimum atomic E-state index is -4.02. The molecule has 1 heterocycles. The number of anilines is 1. The number of hydrogen-bond acceptors (Lipinski definition) is 5. The van der Waals surface area contributed by atoms with Gasteiger partial charge in [-0.15, -0.1) is 0 Å². The quantitative estimate of drug-likeness (QED) is 0.572. The van der Waals surface area contributed by atoms with Gasteiger partial charge in [-0.25, -0.2) is 8.42 Å². The second kappa shape index (κ2) is 8.48. The molecule has 0 spiro atoms. The second-order valence-corrected chi connectivity index (χ2v) is 9.24. The fraction of sp³-hybridized carbons (Fsp3) is 0.286. The number of fused-ring (bicyclic) bond motifs is 1. The van der Waals surface area contributed by atoms with Crippen molar-refractivity contribution in [1.29, 1.82) is 0 Å². The molecule has 1 aromatic heterocycles. The number of para-hydroxylation sites is 1. The van der Waals surface area contributed by atoms with Gasteiger partial charge in [-0.3, -0.25) is 14.4 Å². The predicted octanol–water partition coefficient (Wildman–Crippen LogP) is 1.06. The van der Waals surface area contributed by atoms with Crippen molar-refractivity contribution in [2.75, 3.05) is 18.9 Å². The molecule has 0 aliphatic carbocycles. The van der Waals surface area contributed by atoms with Crippen LogP contribution in [0.4, 0.5) is 5.69 Å². The molecule has 0 unspecified atom stereocenters. The number of carbonyl (C=O) groups is 1. The zero-order chi connectivity index (χ0) is 22.9. The molecule has 0 saturated heterocycles. The first-order valence-corrected chi connectivity index (χ1v) is 11.1. The maximum Gasteiger partial charge on any atom is 0.316 e. The fourth-order valence-electron chi connectivity index (χ4n) is 3.33. The molecule has 3 rings (SSSR count). The van der Waals surface area contributed by atoms with Crippen LogP contribution in [-0.4, -0.2) is 41.4 Å². The molecular formula is C21H24N4O5S. The number of nitrogens with one attached hydrogen (secondary N) is 1. The van der Waals surface area contributed by atoms with Gasteiger partial charge in [-0.2, -0.15) is 4.31 Å². The Bertz CT molecular complexity index is 1390. The zero-order valence-corrected chi connectivity index (χ0v) is 18.6. The van der Waals surface area contributed by atoms with Gasteiger partial charge in [0.25, 0.3) is 0 Å². The monoisotopic (exact) mass is 444 g/mol. The lowest BCUT2D eigenvalue weighted by molar-refractivity contribution is -0.116. The van der Waals surface area contributed by atoms with Crippen LogP contribution >= 0.6 is 0 Å². The molecular weight excluding hydrogens is 420 g/mol. The van der Waals surface area contributed by atoms with E-state index in [1.807, 2.05) is 19.1 Å². The minimum absolute atomic E-state index is 0.0853. The highest BCUT2D eigenvalue weighted by Crippen LogP contribution is 2.20. The molecule has 164 valence electrons. The van der Waals surface area contributed by atoms with E-state index in [0.29, 0.717) is 16.7 Å². The largest absolute Gasteiger partial charge is 0.325 e. The number of aryl methyl sites for hydroxylation is 3. The second-order valence-electron chi connectivity index (χ2n) is 7.20. The number of amides is 1. The van der Waals surface area contributed by atoms with Gasteiger partial charge in [0.15, 0.2) is 0 Å². The van der Waals surface area contributed by atoms with Crippen molar-refractivity contribution in [3.05, 3.63) is 68.7 Å². The third kappa shape index (κ3) is 4.17. The average molecular weight is 445 g/mol. The molecule has 0 radical (unpaired) electrons. The van der Waals surface area contributed by atoms with Crippen LogP contribution in [0, 0.1) is 0 Å². The smallest absolute Gasteiger partial charge is 0.316 e. The molecule has 0 atom stereocenters. The number of hydrogen-bond donors (Lipinski definition) is 1. The van der Waals surface area contributed by atoms with E-state index in [2.05, 4.69) is 5.32 Å². The molecule has 1 amide bonds. The normalized spacial score (nSPS) is 11.8. The van der Waals surface area contributed by atoms with Crippen LogP contribution in [0.1, 0.15) is 12.5 Å². The average Bonchev–Trinajstić information content (AvgIpc) is 2.75. The molecule has 2 aromatic carbocycles. The summed E-state index contributed by atoms with van der Waals surface area (Å²) in [5.74, 6) is -0.470. The Kier molecular flexibility index (Phi) is 6.14. The van der Waals surface area contributed by atoms with E-state index in [1.165, 1.54) is 43.9 Å². The van der Waals surface area contributed by atoms with E-state index in [1.54, 1.807) is 12.1 Å². The van der Waals surface area contributed by atoms with Crippen molar-refractivity contribution in [2.24, 2.45) is 14.1 Å². The first-order chi connectivity index (χ1) is 14.6. The number of aromatic nitrogens is 2. The molecule has 0 bridgehead atoms. The molecule has 0 saturated carbocycles. The summed E-state index contributed by atoms with van der Waals surface area (Å²) in [6.45, 7) is 1.58. The SMILES string of the molecule is CCc1ccccc1NC(=O)CN(C)S(=O)(=O)c1ccc2c(c1)n(C)c(=O)c(=O)n2C. The lowest BCUT2D eigenvalue weighted by Crippen LogP contribution is -2.39.